The van der Waals surface area contributed by atoms with Crippen LogP contribution in [0.3, 0.4) is 0 Å². The van der Waals surface area contributed by atoms with E-state index >= 15 is 0 Å². The smallest absolute Gasteiger partial charge is 0.375 e. The Balaban J connectivity index is 1.89. The number of benzene rings is 1. The Labute approximate surface area is 155 Å². The number of amides is 2. The third-order valence-corrected chi connectivity index (χ3v) is 4.55. The van der Waals surface area contributed by atoms with Crippen molar-refractivity contribution in [2.75, 3.05) is 13.1 Å². The molecule has 2 rings (SSSR count). The van der Waals surface area contributed by atoms with Gasteiger partial charge < -0.3 is 15.7 Å². The summed E-state index contributed by atoms with van der Waals surface area (Å²) in [5, 5.41) is 14.4. The molecule has 0 radical (unpaired) electrons. The molecule has 1 aromatic carbocycles. The zero-order valence-electron chi connectivity index (χ0n) is 14.8. The average Bonchev–Trinajstić information content (AvgIpc) is 2.66. The van der Waals surface area contributed by atoms with E-state index in [4.69, 9.17) is 0 Å². The normalized spacial score (nSPS) is 16.8. The van der Waals surface area contributed by atoms with Crippen molar-refractivity contribution in [3.05, 3.63) is 47.5 Å². The highest BCUT2D eigenvalue weighted by Gasteiger charge is 2.55. The van der Waals surface area contributed by atoms with Gasteiger partial charge in [-0.25, -0.2) is 0 Å². The Morgan fingerprint density at radius 3 is 2.30 bits per heavy atom. The molecule has 3 N–H and O–H groups in total. The highest BCUT2D eigenvalue weighted by atomic mass is 19.4. The Kier molecular flexibility index (Phi) is 7.01. The van der Waals surface area contributed by atoms with Crippen LogP contribution >= 0.6 is 0 Å². The summed E-state index contributed by atoms with van der Waals surface area (Å²) in [6, 6.07) is 6.42. The predicted octanol–water partition coefficient (Wildman–Crippen LogP) is 2.56. The van der Waals surface area contributed by atoms with Crippen LogP contribution in [-0.4, -0.2) is 36.2 Å². The maximum Gasteiger partial charge on any atom is 0.423 e. The van der Waals surface area contributed by atoms with Gasteiger partial charge in [0.25, 0.3) is 0 Å². The van der Waals surface area contributed by atoms with Crippen LogP contribution in [0, 0.1) is 0 Å². The van der Waals surface area contributed by atoms with Crippen molar-refractivity contribution >= 4 is 11.8 Å². The predicted molar refractivity (Wildman–Crippen MR) is 93.6 cm³/mol. The van der Waals surface area contributed by atoms with E-state index in [2.05, 4.69) is 11.4 Å². The lowest BCUT2D eigenvalue weighted by molar-refractivity contribution is -0.264. The summed E-state index contributed by atoms with van der Waals surface area (Å²) >= 11 is 0. The highest BCUT2D eigenvalue weighted by molar-refractivity contribution is 6.35. The van der Waals surface area contributed by atoms with Gasteiger partial charge in [0.05, 0.1) is 6.54 Å². The largest absolute Gasteiger partial charge is 0.423 e. The fourth-order valence-electron chi connectivity index (χ4n) is 2.92. The van der Waals surface area contributed by atoms with Crippen molar-refractivity contribution in [1.82, 2.24) is 10.6 Å². The summed E-state index contributed by atoms with van der Waals surface area (Å²) in [7, 11) is 0. The zero-order chi connectivity index (χ0) is 19.9. The van der Waals surface area contributed by atoms with Gasteiger partial charge in [0.15, 0.2) is 0 Å². The number of hydrogen-bond acceptors (Lipinski definition) is 3. The van der Waals surface area contributed by atoms with Gasteiger partial charge in [0, 0.05) is 6.54 Å². The van der Waals surface area contributed by atoms with E-state index in [-0.39, 0.29) is 6.54 Å². The molecule has 27 heavy (non-hydrogen) atoms. The lowest BCUT2D eigenvalue weighted by Gasteiger charge is -2.31. The van der Waals surface area contributed by atoms with Crippen molar-refractivity contribution in [1.29, 1.82) is 0 Å². The number of halogens is 3. The second kappa shape index (κ2) is 9.03. The van der Waals surface area contributed by atoms with E-state index in [9.17, 15) is 27.9 Å². The van der Waals surface area contributed by atoms with Crippen molar-refractivity contribution in [2.45, 2.75) is 43.9 Å². The first-order chi connectivity index (χ1) is 12.7. The van der Waals surface area contributed by atoms with E-state index in [0.29, 0.717) is 6.42 Å². The zero-order valence-corrected chi connectivity index (χ0v) is 14.8. The molecular weight excluding hydrogens is 361 g/mol. The molecule has 0 unspecified atom stereocenters. The maximum atomic E-state index is 13.3. The molecule has 0 bridgehead atoms. The Bertz CT molecular complexity index is 689. The third-order valence-electron chi connectivity index (χ3n) is 4.55. The fourth-order valence-corrected chi connectivity index (χ4v) is 2.92. The molecule has 0 saturated heterocycles. The molecule has 148 valence electrons. The van der Waals surface area contributed by atoms with E-state index in [1.807, 2.05) is 5.32 Å². The summed E-state index contributed by atoms with van der Waals surface area (Å²) in [4.78, 5) is 23.6. The number of nitrogens with one attached hydrogen (secondary N) is 2. The second-order valence-electron chi connectivity index (χ2n) is 6.52. The standard InChI is InChI=1S/C19H23F3N2O3/c20-19(21,22)18(27,15-9-5-2-6-10-15)13-24-17(26)16(25)23-12-11-14-7-3-1-4-8-14/h2,5-7,9-10,27H,1,3-4,8,11-13H2,(H,23,25)(H,24,26)/t18-/m1/s1. The van der Waals surface area contributed by atoms with Crippen LogP contribution in [-0.2, 0) is 15.2 Å². The number of alkyl halides is 3. The number of allylic oxidation sites excluding steroid dienone is 1. The molecule has 0 spiro atoms. The highest BCUT2D eigenvalue weighted by Crippen LogP contribution is 2.38. The number of rotatable bonds is 6. The first-order valence-corrected chi connectivity index (χ1v) is 8.82. The lowest BCUT2D eigenvalue weighted by atomic mass is 9.93. The molecule has 2 amide bonds. The number of hydrogen-bond donors (Lipinski definition) is 3. The van der Waals surface area contributed by atoms with Crippen LogP contribution in [0.25, 0.3) is 0 Å². The molecule has 1 aromatic rings. The molecule has 0 saturated carbocycles. The van der Waals surface area contributed by atoms with Crippen molar-refractivity contribution < 1.29 is 27.9 Å². The van der Waals surface area contributed by atoms with Gasteiger partial charge in [-0.3, -0.25) is 9.59 Å². The first-order valence-electron chi connectivity index (χ1n) is 8.82. The lowest BCUT2D eigenvalue weighted by Crippen LogP contribution is -2.53. The van der Waals surface area contributed by atoms with Gasteiger partial charge in [-0.1, -0.05) is 42.0 Å². The molecule has 0 heterocycles. The van der Waals surface area contributed by atoms with Crippen LogP contribution in [0.15, 0.2) is 42.0 Å². The fraction of sp³-hybridized carbons (Fsp3) is 0.474. The van der Waals surface area contributed by atoms with Crippen molar-refractivity contribution in [3.8, 4) is 0 Å². The van der Waals surface area contributed by atoms with Crippen LogP contribution in [0.2, 0.25) is 0 Å². The Morgan fingerprint density at radius 2 is 1.70 bits per heavy atom. The molecule has 0 aromatic heterocycles. The molecular formula is C19H23F3N2O3. The molecule has 0 aliphatic heterocycles. The van der Waals surface area contributed by atoms with Crippen LogP contribution in [0.4, 0.5) is 13.2 Å². The maximum absolute atomic E-state index is 13.3. The van der Waals surface area contributed by atoms with Crippen LogP contribution < -0.4 is 10.6 Å². The van der Waals surface area contributed by atoms with Crippen LogP contribution in [0.1, 0.15) is 37.7 Å². The minimum Gasteiger partial charge on any atom is -0.375 e. The topological polar surface area (TPSA) is 78.4 Å². The summed E-state index contributed by atoms with van der Waals surface area (Å²) < 4.78 is 40.0. The molecule has 1 atom stereocenters. The minimum atomic E-state index is -5.02. The summed E-state index contributed by atoms with van der Waals surface area (Å²) in [5.41, 5.74) is -2.49. The van der Waals surface area contributed by atoms with E-state index in [0.717, 1.165) is 37.8 Å². The summed E-state index contributed by atoms with van der Waals surface area (Å²) in [5.74, 6) is -2.24. The van der Waals surface area contributed by atoms with Gasteiger partial charge in [0.1, 0.15) is 0 Å². The minimum absolute atomic E-state index is 0.236. The second-order valence-corrected chi connectivity index (χ2v) is 6.52. The van der Waals surface area contributed by atoms with E-state index in [1.165, 1.54) is 23.8 Å². The summed E-state index contributed by atoms with van der Waals surface area (Å²) in [6.45, 7) is -0.918. The average molecular weight is 384 g/mol. The number of carbonyl (C=O) groups excluding carboxylic acids is 2. The summed E-state index contributed by atoms with van der Waals surface area (Å²) in [6.07, 6.45) is 1.88. The number of aliphatic hydroxyl groups is 1. The monoisotopic (exact) mass is 384 g/mol. The third kappa shape index (κ3) is 5.56. The molecule has 1 aliphatic rings. The molecule has 1 aliphatic carbocycles. The Hall–Kier alpha value is -2.35. The Morgan fingerprint density at radius 1 is 1.04 bits per heavy atom. The van der Waals surface area contributed by atoms with E-state index < -0.39 is 35.7 Å². The van der Waals surface area contributed by atoms with Gasteiger partial charge in [0.2, 0.25) is 5.60 Å². The molecule has 8 heteroatoms. The number of carbonyl (C=O) groups is 2. The van der Waals surface area contributed by atoms with E-state index in [1.54, 1.807) is 0 Å². The molecule has 5 nitrogen and oxygen atoms in total. The van der Waals surface area contributed by atoms with Crippen molar-refractivity contribution in [3.63, 3.8) is 0 Å². The van der Waals surface area contributed by atoms with Gasteiger partial charge in [-0.05, 0) is 37.7 Å². The van der Waals surface area contributed by atoms with Gasteiger partial charge in [-0.2, -0.15) is 13.2 Å². The van der Waals surface area contributed by atoms with Gasteiger partial charge >= 0.3 is 18.0 Å². The SMILES string of the molecule is O=C(NCCC1=CCCCC1)C(=O)NC[C@@](O)(c1ccccc1)C(F)(F)F. The van der Waals surface area contributed by atoms with Crippen molar-refractivity contribution in [2.24, 2.45) is 0 Å². The first kappa shape index (κ1) is 21.0. The van der Waals surface area contributed by atoms with Gasteiger partial charge in [-0.15, -0.1) is 0 Å². The molecule has 0 fully saturated rings. The van der Waals surface area contributed by atoms with Crippen LogP contribution in [0.5, 0.6) is 0 Å². The quantitative estimate of drug-likeness (QED) is 0.521.